The molecule has 3 aliphatic carbocycles. The van der Waals surface area contributed by atoms with Crippen LogP contribution in [-0.2, 0) is 20.1 Å². The number of aliphatic hydroxyl groups is 4. The molecule has 8 heteroatoms. The van der Waals surface area contributed by atoms with Crippen LogP contribution in [0.4, 0.5) is 0 Å². The van der Waals surface area contributed by atoms with E-state index in [9.17, 15) is 20.4 Å². The lowest BCUT2D eigenvalue weighted by atomic mass is 9.46. The van der Waals surface area contributed by atoms with Gasteiger partial charge in [0.05, 0.1) is 6.61 Å². The molecule has 11 atom stereocenters. The summed E-state index contributed by atoms with van der Waals surface area (Å²) in [7, 11) is 0. The van der Waals surface area contributed by atoms with Gasteiger partial charge in [0, 0.05) is 0 Å². The predicted octanol–water partition coefficient (Wildman–Crippen LogP) is 2.41. The van der Waals surface area contributed by atoms with Gasteiger partial charge in [0.2, 0.25) is 6.29 Å². The van der Waals surface area contributed by atoms with Gasteiger partial charge in [-0.05, 0) is 74.0 Å². The van der Waals surface area contributed by atoms with E-state index < -0.39 is 42.9 Å². The lowest BCUT2D eigenvalue weighted by Gasteiger charge is -2.68. The Morgan fingerprint density at radius 2 is 1.80 bits per heavy atom. The highest BCUT2D eigenvalue weighted by Crippen LogP contribution is 2.67. The van der Waals surface area contributed by atoms with Crippen LogP contribution in [0, 0.1) is 23.7 Å². The molecule has 194 valence electrons. The minimum atomic E-state index is -1.48. The molecule has 0 radical (unpaired) electrons. The molecule has 1 aromatic carbocycles. The maximum Gasteiger partial charge on any atom is 0.229 e. The van der Waals surface area contributed by atoms with Crippen LogP contribution in [0.2, 0.25) is 0 Å². The minimum absolute atomic E-state index is 0.342. The molecule has 2 saturated heterocycles. The second-order valence-electron chi connectivity index (χ2n) is 11.5. The molecule has 6 rings (SSSR count). The van der Waals surface area contributed by atoms with Crippen molar-refractivity contribution < 1.29 is 39.7 Å². The van der Waals surface area contributed by atoms with Gasteiger partial charge in [-0.3, -0.25) is 0 Å². The predicted molar refractivity (Wildman–Crippen MR) is 124 cm³/mol. The van der Waals surface area contributed by atoms with E-state index in [0.717, 1.165) is 11.5 Å². The first-order valence-electron chi connectivity index (χ1n) is 13.3. The number of benzene rings is 1. The van der Waals surface area contributed by atoms with E-state index >= 15 is 0 Å². The molecular weight excluding hydrogens is 452 g/mol. The molecule has 1 spiro atoms. The van der Waals surface area contributed by atoms with E-state index in [1.165, 1.54) is 51.4 Å². The van der Waals surface area contributed by atoms with Gasteiger partial charge in [-0.1, -0.05) is 37.8 Å². The van der Waals surface area contributed by atoms with Crippen molar-refractivity contribution in [2.45, 2.75) is 100 Å². The molecule has 10 unspecified atom stereocenters. The lowest BCUT2D eigenvalue weighted by molar-refractivity contribution is -0.590. The average Bonchev–Trinajstić information content (AvgIpc) is 2.87. The molecule has 2 heterocycles. The van der Waals surface area contributed by atoms with Crippen LogP contribution in [-0.4, -0.2) is 63.3 Å². The van der Waals surface area contributed by atoms with E-state index in [4.69, 9.17) is 19.2 Å². The second kappa shape index (κ2) is 8.94. The Morgan fingerprint density at radius 1 is 0.971 bits per heavy atom. The molecule has 35 heavy (non-hydrogen) atoms. The van der Waals surface area contributed by atoms with Crippen LogP contribution < -0.4 is 4.74 Å². The van der Waals surface area contributed by atoms with Crippen molar-refractivity contribution in [3.05, 3.63) is 29.8 Å². The molecule has 1 aromatic rings. The molecule has 2 bridgehead atoms. The third kappa shape index (κ3) is 3.52. The summed E-state index contributed by atoms with van der Waals surface area (Å²) in [6.07, 6.45) is 3.48. The summed E-state index contributed by atoms with van der Waals surface area (Å²) < 4.78 is 11.5. The number of hydrogen-bond donors (Lipinski definition) is 4. The van der Waals surface area contributed by atoms with Crippen LogP contribution in [0.5, 0.6) is 5.75 Å². The monoisotopic (exact) mass is 490 g/mol. The Balaban J connectivity index is 1.28. The Bertz CT molecular complexity index is 924. The fourth-order valence-electron chi connectivity index (χ4n) is 8.14. The van der Waals surface area contributed by atoms with Gasteiger partial charge in [0.25, 0.3) is 0 Å². The Morgan fingerprint density at radius 3 is 2.57 bits per heavy atom. The molecule has 5 aliphatic rings. The smallest absolute Gasteiger partial charge is 0.229 e. The zero-order valence-electron chi connectivity index (χ0n) is 20.3. The fourth-order valence-corrected chi connectivity index (χ4v) is 8.14. The highest BCUT2D eigenvalue weighted by Gasteiger charge is 2.73. The summed E-state index contributed by atoms with van der Waals surface area (Å²) in [5.74, 6) is 2.90. The lowest BCUT2D eigenvalue weighted by Crippen LogP contribution is -2.74. The molecule has 4 N–H and O–H groups in total. The molecule has 8 nitrogen and oxygen atoms in total. The minimum Gasteiger partial charge on any atom is -0.462 e. The molecule has 2 aliphatic heterocycles. The maximum atomic E-state index is 10.4. The zero-order chi connectivity index (χ0) is 24.4. The van der Waals surface area contributed by atoms with Crippen LogP contribution in [0.15, 0.2) is 24.3 Å². The third-order valence-electron chi connectivity index (χ3n) is 9.87. The SMILES string of the molecule is CC1(c2cccc(O[C@@H]3OC(CO)C(O)C(O)C3O)c2)OOC12C1CCCC2C2CCCCC2C1. The van der Waals surface area contributed by atoms with E-state index in [1.807, 2.05) is 18.2 Å². The van der Waals surface area contributed by atoms with Crippen molar-refractivity contribution in [2.75, 3.05) is 6.61 Å². The van der Waals surface area contributed by atoms with Crippen LogP contribution in [0.3, 0.4) is 0 Å². The Hall–Kier alpha value is -1.26. The summed E-state index contributed by atoms with van der Waals surface area (Å²) in [5, 5.41) is 40.1. The molecular formula is C27H38O8. The quantitative estimate of drug-likeness (QED) is 0.476. The number of hydrogen-bond acceptors (Lipinski definition) is 8. The van der Waals surface area contributed by atoms with Gasteiger partial charge in [0.1, 0.15) is 35.8 Å². The highest BCUT2D eigenvalue weighted by atomic mass is 17.3. The standard InChI is InChI=1S/C27H38O8/c1-26(27(35-34-26)17-8-5-11-20(27)19-10-3-2-6-15(19)12-17)16-7-4-9-18(13-16)32-25-24(31)23(30)22(29)21(14-28)33-25/h4,7,9,13,15,17,19-25,28-31H,2-3,5-6,8,10-12,14H2,1H3/t15?,17?,19?,20?,21?,22?,23?,24?,25-,26?,27?/m1/s1. The van der Waals surface area contributed by atoms with Crippen molar-refractivity contribution in [2.24, 2.45) is 23.7 Å². The van der Waals surface area contributed by atoms with Crippen LogP contribution in [0.1, 0.15) is 63.9 Å². The summed E-state index contributed by atoms with van der Waals surface area (Å²) in [5.41, 5.74) is 0.00262. The van der Waals surface area contributed by atoms with Gasteiger partial charge < -0.3 is 29.9 Å². The topological polar surface area (TPSA) is 118 Å². The van der Waals surface area contributed by atoms with E-state index in [-0.39, 0.29) is 5.60 Å². The zero-order valence-corrected chi connectivity index (χ0v) is 20.3. The fraction of sp³-hybridized carbons (Fsp3) is 0.778. The summed E-state index contributed by atoms with van der Waals surface area (Å²) in [6, 6.07) is 7.58. The number of rotatable bonds is 4. The van der Waals surface area contributed by atoms with Gasteiger partial charge in [-0.15, -0.1) is 0 Å². The number of ether oxygens (including phenoxy) is 2. The first kappa shape index (κ1) is 24.1. The summed E-state index contributed by atoms with van der Waals surface area (Å²) in [6.45, 7) is 1.64. The van der Waals surface area contributed by atoms with Gasteiger partial charge in [-0.2, -0.15) is 0 Å². The van der Waals surface area contributed by atoms with E-state index in [0.29, 0.717) is 23.5 Å². The normalized spacial score (nSPS) is 49.2. The molecule has 5 fully saturated rings. The first-order valence-corrected chi connectivity index (χ1v) is 13.3. The van der Waals surface area contributed by atoms with Crippen LogP contribution in [0.25, 0.3) is 0 Å². The number of fused-ring (bicyclic) bond motifs is 2. The Kier molecular flexibility index (Phi) is 6.16. The van der Waals surface area contributed by atoms with Gasteiger partial charge in [0.15, 0.2) is 5.60 Å². The summed E-state index contributed by atoms with van der Waals surface area (Å²) in [4.78, 5) is 12.2. The van der Waals surface area contributed by atoms with Crippen LogP contribution >= 0.6 is 0 Å². The van der Waals surface area contributed by atoms with Crippen molar-refractivity contribution in [1.82, 2.24) is 0 Å². The largest absolute Gasteiger partial charge is 0.462 e. The molecule has 0 amide bonds. The van der Waals surface area contributed by atoms with Crippen molar-refractivity contribution >= 4 is 0 Å². The third-order valence-corrected chi connectivity index (χ3v) is 9.87. The Labute approximate surface area is 206 Å². The number of aliphatic hydroxyl groups excluding tert-OH is 4. The second-order valence-corrected chi connectivity index (χ2v) is 11.5. The molecule has 0 aromatic heterocycles. The van der Waals surface area contributed by atoms with Crippen molar-refractivity contribution in [3.8, 4) is 5.75 Å². The van der Waals surface area contributed by atoms with Gasteiger partial charge >= 0.3 is 0 Å². The highest BCUT2D eigenvalue weighted by molar-refractivity contribution is 5.37. The average molecular weight is 491 g/mol. The first-order chi connectivity index (χ1) is 16.9. The van der Waals surface area contributed by atoms with E-state index in [1.54, 1.807) is 6.07 Å². The summed E-state index contributed by atoms with van der Waals surface area (Å²) >= 11 is 0. The molecule has 3 saturated carbocycles. The van der Waals surface area contributed by atoms with Gasteiger partial charge in [-0.25, -0.2) is 9.78 Å². The maximum absolute atomic E-state index is 10.4. The van der Waals surface area contributed by atoms with Crippen molar-refractivity contribution in [3.63, 3.8) is 0 Å². The van der Waals surface area contributed by atoms with Crippen molar-refractivity contribution in [1.29, 1.82) is 0 Å². The van der Waals surface area contributed by atoms with E-state index in [2.05, 4.69) is 6.92 Å².